The molecule has 0 aromatic carbocycles. The zero-order chi connectivity index (χ0) is 9.56. The van der Waals surface area contributed by atoms with Crippen LogP contribution in [0.25, 0.3) is 0 Å². The first-order valence-electron chi connectivity index (χ1n) is 3.55. The van der Waals surface area contributed by atoms with Gasteiger partial charge in [-0.25, -0.2) is 14.6 Å². The van der Waals surface area contributed by atoms with E-state index in [1.165, 1.54) is 6.08 Å². The number of aliphatic imine (C=N–C) groups is 1. The summed E-state index contributed by atoms with van der Waals surface area (Å²) in [6, 6.07) is 0. The molecule has 1 unspecified atom stereocenters. The van der Waals surface area contributed by atoms with Crippen LogP contribution in [0.5, 0.6) is 0 Å². The van der Waals surface area contributed by atoms with Crippen molar-refractivity contribution in [3.8, 4) is 0 Å². The highest BCUT2D eigenvalue weighted by molar-refractivity contribution is 5.86. The predicted octanol–water partition coefficient (Wildman–Crippen LogP) is 0.989. The van der Waals surface area contributed by atoms with E-state index in [2.05, 4.69) is 11.6 Å². The van der Waals surface area contributed by atoms with Gasteiger partial charge in [-0.05, 0) is 12.3 Å². The molecule has 0 saturated heterocycles. The van der Waals surface area contributed by atoms with Crippen LogP contribution < -0.4 is 0 Å². The van der Waals surface area contributed by atoms with E-state index in [9.17, 15) is 9.59 Å². The SMILES string of the molecule is C=C(C(=O)O)C(C)CCN=C=O. The standard InChI is InChI=1S/C8H11NO3/c1-6(3-4-9-5-10)7(2)8(11)12/h6H,2-4H2,1H3,(H,11,12). The summed E-state index contributed by atoms with van der Waals surface area (Å²) in [6.07, 6.45) is 1.90. The summed E-state index contributed by atoms with van der Waals surface area (Å²) in [7, 11) is 0. The molecular weight excluding hydrogens is 158 g/mol. The summed E-state index contributed by atoms with van der Waals surface area (Å²) in [5, 5.41) is 8.50. The number of carbonyl (C=O) groups excluding carboxylic acids is 1. The second-order valence-corrected chi connectivity index (χ2v) is 2.49. The van der Waals surface area contributed by atoms with Crippen molar-refractivity contribution in [3.05, 3.63) is 12.2 Å². The van der Waals surface area contributed by atoms with Crippen molar-refractivity contribution in [1.82, 2.24) is 0 Å². The fourth-order valence-electron chi connectivity index (χ4n) is 0.689. The molecule has 0 aromatic rings. The average molecular weight is 169 g/mol. The highest BCUT2D eigenvalue weighted by Crippen LogP contribution is 2.12. The van der Waals surface area contributed by atoms with Gasteiger partial charge in [-0.3, -0.25) is 0 Å². The molecule has 0 bridgehead atoms. The molecule has 0 aliphatic carbocycles. The van der Waals surface area contributed by atoms with E-state index in [0.29, 0.717) is 13.0 Å². The minimum absolute atomic E-state index is 0.149. The summed E-state index contributed by atoms with van der Waals surface area (Å²) in [5.41, 5.74) is 0.149. The normalized spacial score (nSPS) is 11.4. The van der Waals surface area contributed by atoms with Gasteiger partial charge in [0, 0.05) is 5.57 Å². The summed E-state index contributed by atoms with van der Waals surface area (Å²) in [6.45, 7) is 5.43. The van der Waals surface area contributed by atoms with Gasteiger partial charge >= 0.3 is 5.97 Å². The summed E-state index contributed by atoms with van der Waals surface area (Å²) >= 11 is 0. The number of hydrogen-bond acceptors (Lipinski definition) is 3. The number of nitrogens with zero attached hydrogens (tertiary/aromatic N) is 1. The van der Waals surface area contributed by atoms with E-state index in [4.69, 9.17) is 5.11 Å². The number of carbonyl (C=O) groups is 1. The van der Waals surface area contributed by atoms with E-state index in [0.717, 1.165) is 0 Å². The quantitative estimate of drug-likeness (QED) is 0.379. The van der Waals surface area contributed by atoms with Gasteiger partial charge in [0.15, 0.2) is 0 Å². The van der Waals surface area contributed by atoms with Crippen molar-refractivity contribution in [3.63, 3.8) is 0 Å². The lowest BCUT2D eigenvalue weighted by Crippen LogP contribution is -2.09. The molecule has 0 aliphatic rings. The molecule has 0 radical (unpaired) electrons. The molecule has 1 atom stereocenters. The summed E-state index contributed by atoms with van der Waals surface area (Å²) in [4.78, 5) is 23.3. The topological polar surface area (TPSA) is 66.7 Å². The number of rotatable bonds is 5. The van der Waals surface area contributed by atoms with E-state index >= 15 is 0 Å². The van der Waals surface area contributed by atoms with Crippen LogP contribution in [0.4, 0.5) is 0 Å². The minimum atomic E-state index is -1.00. The second kappa shape index (κ2) is 5.27. The molecule has 4 heteroatoms. The van der Waals surface area contributed by atoms with Crippen LogP contribution in [0.15, 0.2) is 17.1 Å². The molecule has 0 amide bonds. The van der Waals surface area contributed by atoms with Crippen molar-refractivity contribution in [1.29, 1.82) is 0 Å². The van der Waals surface area contributed by atoms with Crippen LogP contribution in [-0.4, -0.2) is 23.7 Å². The Morgan fingerprint density at radius 2 is 2.33 bits per heavy atom. The van der Waals surface area contributed by atoms with E-state index in [1.807, 2.05) is 0 Å². The third-order valence-electron chi connectivity index (χ3n) is 1.61. The Hall–Kier alpha value is -1.41. The highest BCUT2D eigenvalue weighted by atomic mass is 16.4. The molecule has 0 rings (SSSR count). The lowest BCUT2D eigenvalue weighted by molar-refractivity contribution is -0.133. The van der Waals surface area contributed by atoms with Crippen molar-refractivity contribution in [2.45, 2.75) is 13.3 Å². The van der Waals surface area contributed by atoms with Crippen LogP contribution in [0.2, 0.25) is 0 Å². The Morgan fingerprint density at radius 3 is 2.75 bits per heavy atom. The maximum absolute atomic E-state index is 10.4. The van der Waals surface area contributed by atoms with Gasteiger partial charge in [0.2, 0.25) is 6.08 Å². The van der Waals surface area contributed by atoms with Crippen LogP contribution >= 0.6 is 0 Å². The first-order valence-corrected chi connectivity index (χ1v) is 3.55. The number of isocyanates is 1. The van der Waals surface area contributed by atoms with Crippen LogP contribution in [0, 0.1) is 5.92 Å². The molecule has 0 aliphatic heterocycles. The molecule has 0 fully saturated rings. The van der Waals surface area contributed by atoms with Gasteiger partial charge < -0.3 is 5.11 Å². The van der Waals surface area contributed by atoms with Gasteiger partial charge in [-0.2, -0.15) is 0 Å². The molecule has 0 saturated carbocycles. The molecule has 0 aromatic heterocycles. The zero-order valence-corrected chi connectivity index (χ0v) is 6.91. The smallest absolute Gasteiger partial charge is 0.331 e. The maximum atomic E-state index is 10.4. The maximum Gasteiger partial charge on any atom is 0.331 e. The van der Waals surface area contributed by atoms with Crippen LogP contribution in [0.3, 0.4) is 0 Å². The fourth-order valence-corrected chi connectivity index (χ4v) is 0.689. The molecule has 0 spiro atoms. The first-order chi connectivity index (χ1) is 5.59. The Labute approximate surface area is 70.6 Å². The fraction of sp³-hybridized carbons (Fsp3) is 0.500. The van der Waals surface area contributed by atoms with Gasteiger partial charge in [0.05, 0.1) is 6.54 Å². The highest BCUT2D eigenvalue weighted by Gasteiger charge is 2.12. The third kappa shape index (κ3) is 3.68. The van der Waals surface area contributed by atoms with Gasteiger partial charge in [0.1, 0.15) is 0 Å². The van der Waals surface area contributed by atoms with E-state index < -0.39 is 5.97 Å². The molecule has 1 N–H and O–H groups in total. The average Bonchev–Trinajstić information content (AvgIpc) is 2.03. The van der Waals surface area contributed by atoms with E-state index in [-0.39, 0.29) is 11.5 Å². The number of carboxylic acids is 1. The molecule has 12 heavy (non-hydrogen) atoms. The Morgan fingerprint density at radius 1 is 1.75 bits per heavy atom. The number of hydrogen-bond donors (Lipinski definition) is 1. The van der Waals surface area contributed by atoms with Crippen molar-refractivity contribution >= 4 is 12.0 Å². The lowest BCUT2D eigenvalue weighted by atomic mass is 9.99. The zero-order valence-electron chi connectivity index (χ0n) is 6.91. The number of aliphatic carboxylic acids is 1. The third-order valence-corrected chi connectivity index (χ3v) is 1.61. The Kier molecular flexibility index (Phi) is 4.65. The van der Waals surface area contributed by atoms with Gasteiger partial charge in [-0.15, -0.1) is 0 Å². The molecule has 4 nitrogen and oxygen atoms in total. The van der Waals surface area contributed by atoms with Gasteiger partial charge in [0.25, 0.3) is 0 Å². The Bertz CT molecular complexity index is 228. The molecular formula is C8H11NO3. The largest absolute Gasteiger partial charge is 0.478 e. The van der Waals surface area contributed by atoms with Crippen molar-refractivity contribution in [2.75, 3.05) is 6.54 Å². The summed E-state index contributed by atoms with van der Waals surface area (Å²) < 4.78 is 0. The predicted molar refractivity (Wildman–Crippen MR) is 43.5 cm³/mol. The lowest BCUT2D eigenvalue weighted by Gasteiger charge is -2.07. The van der Waals surface area contributed by atoms with Crippen LogP contribution in [0.1, 0.15) is 13.3 Å². The number of carboxylic acid groups (broad SMARTS) is 1. The van der Waals surface area contributed by atoms with Crippen molar-refractivity contribution < 1.29 is 14.7 Å². The minimum Gasteiger partial charge on any atom is -0.478 e. The summed E-state index contributed by atoms with van der Waals surface area (Å²) in [5.74, 6) is -1.16. The van der Waals surface area contributed by atoms with E-state index in [1.54, 1.807) is 6.92 Å². The van der Waals surface area contributed by atoms with Crippen LogP contribution in [-0.2, 0) is 9.59 Å². The second-order valence-electron chi connectivity index (χ2n) is 2.49. The first kappa shape index (κ1) is 10.6. The molecule has 0 heterocycles. The van der Waals surface area contributed by atoms with Crippen molar-refractivity contribution in [2.24, 2.45) is 10.9 Å². The molecule has 66 valence electrons. The monoisotopic (exact) mass is 169 g/mol. The Balaban J connectivity index is 3.87. The van der Waals surface area contributed by atoms with Gasteiger partial charge in [-0.1, -0.05) is 13.5 Å².